The Hall–Kier alpha value is -1.46. The number of aryl methyl sites for hydroxylation is 1. The van der Waals surface area contributed by atoms with E-state index in [4.69, 9.17) is 0 Å². The van der Waals surface area contributed by atoms with Crippen LogP contribution in [0.25, 0.3) is 0 Å². The molecular formula is C14H17FN2OS. The summed E-state index contributed by atoms with van der Waals surface area (Å²) >= 11 is 1.55. The first-order chi connectivity index (χ1) is 8.99. The van der Waals surface area contributed by atoms with E-state index in [2.05, 4.69) is 4.98 Å². The third-order valence-electron chi connectivity index (χ3n) is 3.05. The van der Waals surface area contributed by atoms with Gasteiger partial charge >= 0.3 is 0 Å². The van der Waals surface area contributed by atoms with Gasteiger partial charge in [-0.15, -0.1) is 11.3 Å². The van der Waals surface area contributed by atoms with Crippen LogP contribution in [-0.4, -0.2) is 17.1 Å². The van der Waals surface area contributed by atoms with Crippen molar-refractivity contribution in [2.75, 3.05) is 11.9 Å². The van der Waals surface area contributed by atoms with Gasteiger partial charge in [0.15, 0.2) is 0 Å². The largest absolute Gasteiger partial charge is 0.389 e. The highest BCUT2D eigenvalue weighted by molar-refractivity contribution is 7.07. The number of halogens is 1. The van der Waals surface area contributed by atoms with Gasteiger partial charge in [-0.2, -0.15) is 0 Å². The van der Waals surface area contributed by atoms with Crippen LogP contribution in [0.1, 0.15) is 29.8 Å². The molecule has 0 fully saturated rings. The van der Waals surface area contributed by atoms with Crippen molar-refractivity contribution in [3.8, 4) is 0 Å². The van der Waals surface area contributed by atoms with Gasteiger partial charge in [0.1, 0.15) is 5.82 Å². The number of thiazole rings is 1. The second-order valence-corrected chi connectivity index (χ2v) is 5.39. The molecule has 19 heavy (non-hydrogen) atoms. The van der Waals surface area contributed by atoms with Crippen LogP contribution in [0, 0.1) is 12.7 Å². The third-order valence-corrected chi connectivity index (χ3v) is 3.69. The number of rotatable bonds is 4. The molecule has 0 aliphatic rings. The van der Waals surface area contributed by atoms with Crippen molar-refractivity contribution in [2.45, 2.75) is 26.5 Å². The molecule has 0 aliphatic carbocycles. The number of hydrogen-bond donors (Lipinski definition) is 1. The van der Waals surface area contributed by atoms with Crippen molar-refractivity contribution in [3.63, 3.8) is 0 Å². The number of anilines is 1. The zero-order valence-electron chi connectivity index (χ0n) is 11.2. The number of nitrogens with zero attached hydrogens (tertiary/aromatic N) is 2. The Kier molecular flexibility index (Phi) is 4.17. The molecule has 1 atom stereocenters. The van der Waals surface area contributed by atoms with Crippen molar-refractivity contribution in [2.24, 2.45) is 0 Å². The molecule has 102 valence electrons. The molecular weight excluding hydrogens is 263 g/mol. The molecule has 1 aromatic carbocycles. The minimum absolute atomic E-state index is 0.290. The van der Waals surface area contributed by atoms with Gasteiger partial charge < -0.3 is 10.0 Å². The molecule has 1 aromatic heterocycles. The fraction of sp³-hybridized carbons (Fsp3) is 0.357. The first-order valence-electron chi connectivity index (χ1n) is 6.05. The van der Waals surface area contributed by atoms with E-state index in [1.54, 1.807) is 36.8 Å². The van der Waals surface area contributed by atoms with Gasteiger partial charge in [-0.3, -0.25) is 0 Å². The number of aliphatic hydroxyl groups excluding tert-OH is 1. The maximum Gasteiger partial charge on any atom is 0.126 e. The molecule has 1 heterocycles. The summed E-state index contributed by atoms with van der Waals surface area (Å²) in [5.41, 5.74) is 4.76. The molecule has 0 amide bonds. The minimum atomic E-state index is -0.706. The lowest BCUT2D eigenvalue weighted by Gasteiger charge is -2.23. The van der Waals surface area contributed by atoms with Crippen molar-refractivity contribution in [1.82, 2.24) is 4.98 Å². The maximum absolute atomic E-state index is 13.6. The molecule has 0 unspecified atom stereocenters. The SMILES string of the molecule is Cc1cc(N(C)Cc2cscn2)c([C@@H](C)O)cc1F. The van der Waals surface area contributed by atoms with Gasteiger partial charge in [0.2, 0.25) is 0 Å². The van der Waals surface area contributed by atoms with Crippen LogP contribution in [0.3, 0.4) is 0 Å². The summed E-state index contributed by atoms with van der Waals surface area (Å²) in [6, 6.07) is 3.18. The lowest BCUT2D eigenvalue weighted by Crippen LogP contribution is -2.19. The van der Waals surface area contributed by atoms with Gasteiger partial charge in [0, 0.05) is 23.7 Å². The van der Waals surface area contributed by atoms with Gasteiger partial charge in [-0.1, -0.05) is 0 Å². The Bertz CT molecular complexity index is 555. The molecule has 2 aromatic rings. The standard InChI is InChI=1S/C14H17FN2OS/c1-9-4-14(12(10(2)18)5-13(9)15)17(3)6-11-7-19-8-16-11/h4-5,7-8,10,18H,6H2,1-3H3/t10-/m1/s1. The van der Waals surface area contributed by atoms with Gasteiger partial charge in [0.25, 0.3) is 0 Å². The van der Waals surface area contributed by atoms with Crippen molar-refractivity contribution in [1.29, 1.82) is 0 Å². The highest BCUT2D eigenvalue weighted by atomic mass is 32.1. The molecule has 0 aliphatic heterocycles. The Balaban J connectivity index is 2.34. The lowest BCUT2D eigenvalue weighted by molar-refractivity contribution is 0.199. The van der Waals surface area contributed by atoms with Gasteiger partial charge in [-0.25, -0.2) is 9.37 Å². The smallest absolute Gasteiger partial charge is 0.126 e. The lowest BCUT2D eigenvalue weighted by atomic mass is 10.0. The highest BCUT2D eigenvalue weighted by Crippen LogP contribution is 2.29. The average Bonchev–Trinajstić information content (AvgIpc) is 2.84. The van der Waals surface area contributed by atoms with E-state index in [-0.39, 0.29) is 5.82 Å². The number of aliphatic hydroxyl groups is 1. The van der Waals surface area contributed by atoms with E-state index < -0.39 is 6.10 Å². The molecule has 0 spiro atoms. The first kappa shape index (κ1) is 14.0. The van der Waals surface area contributed by atoms with Crippen LogP contribution in [0.2, 0.25) is 0 Å². The van der Waals surface area contributed by atoms with Crippen molar-refractivity contribution >= 4 is 17.0 Å². The molecule has 5 heteroatoms. The Labute approximate surface area is 116 Å². The van der Waals surface area contributed by atoms with Crippen LogP contribution in [-0.2, 0) is 6.54 Å². The van der Waals surface area contributed by atoms with Crippen LogP contribution in [0.15, 0.2) is 23.0 Å². The monoisotopic (exact) mass is 280 g/mol. The zero-order chi connectivity index (χ0) is 14.0. The normalized spacial score (nSPS) is 12.5. The summed E-state index contributed by atoms with van der Waals surface area (Å²) in [6.45, 7) is 4.00. The predicted molar refractivity (Wildman–Crippen MR) is 76.0 cm³/mol. The fourth-order valence-electron chi connectivity index (χ4n) is 1.99. The van der Waals surface area contributed by atoms with Crippen LogP contribution in [0.4, 0.5) is 10.1 Å². The van der Waals surface area contributed by atoms with E-state index in [1.165, 1.54) is 6.07 Å². The molecule has 0 radical (unpaired) electrons. The molecule has 1 N–H and O–H groups in total. The summed E-state index contributed by atoms with van der Waals surface area (Å²) in [7, 11) is 1.91. The van der Waals surface area contributed by atoms with Gasteiger partial charge in [-0.05, 0) is 31.5 Å². The summed E-state index contributed by atoms with van der Waals surface area (Å²) in [4.78, 5) is 6.21. The van der Waals surface area contributed by atoms with E-state index in [0.717, 1.165) is 11.4 Å². The quantitative estimate of drug-likeness (QED) is 0.933. The topological polar surface area (TPSA) is 36.4 Å². The van der Waals surface area contributed by atoms with E-state index in [1.807, 2.05) is 17.3 Å². The highest BCUT2D eigenvalue weighted by Gasteiger charge is 2.15. The fourth-order valence-corrected chi connectivity index (χ4v) is 2.54. The summed E-state index contributed by atoms with van der Waals surface area (Å²) in [6.07, 6.45) is -0.706. The third kappa shape index (κ3) is 3.11. The van der Waals surface area contributed by atoms with Crippen molar-refractivity contribution < 1.29 is 9.50 Å². The molecule has 0 saturated heterocycles. The summed E-state index contributed by atoms with van der Waals surface area (Å²) in [5, 5.41) is 11.8. The Morgan fingerprint density at radius 2 is 2.21 bits per heavy atom. The van der Waals surface area contributed by atoms with E-state index in [9.17, 15) is 9.50 Å². The molecule has 0 saturated carbocycles. The minimum Gasteiger partial charge on any atom is -0.389 e. The molecule has 0 bridgehead atoms. The first-order valence-corrected chi connectivity index (χ1v) is 6.99. The Morgan fingerprint density at radius 3 is 2.79 bits per heavy atom. The number of aromatic nitrogens is 1. The summed E-state index contributed by atoms with van der Waals surface area (Å²) in [5.74, 6) is -0.290. The summed E-state index contributed by atoms with van der Waals surface area (Å²) < 4.78 is 13.6. The number of hydrogen-bond acceptors (Lipinski definition) is 4. The second kappa shape index (κ2) is 5.67. The molecule has 3 nitrogen and oxygen atoms in total. The van der Waals surface area contributed by atoms with Crippen LogP contribution in [0.5, 0.6) is 0 Å². The average molecular weight is 280 g/mol. The second-order valence-electron chi connectivity index (χ2n) is 4.67. The predicted octanol–water partition coefficient (Wildman–Crippen LogP) is 3.28. The molecule has 2 rings (SSSR count). The maximum atomic E-state index is 13.6. The van der Waals surface area contributed by atoms with Crippen LogP contribution >= 0.6 is 11.3 Å². The van der Waals surface area contributed by atoms with E-state index >= 15 is 0 Å². The Morgan fingerprint density at radius 1 is 1.47 bits per heavy atom. The van der Waals surface area contributed by atoms with Gasteiger partial charge in [0.05, 0.1) is 23.9 Å². The van der Waals surface area contributed by atoms with Crippen LogP contribution < -0.4 is 4.90 Å². The zero-order valence-corrected chi connectivity index (χ0v) is 12.0. The number of benzene rings is 1. The van der Waals surface area contributed by atoms with E-state index in [0.29, 0.717) is 17.7 Å². The van der Waals surface area contributed by atoms with Crippen molar-refractivity contribution in [3.05, 3.63) is 45.7 Å².